The summed E-state index contributed by atoms with van der Waals surface area (Å²) >= 11 is 6.40. The highest BCUT2D eigenvalue weighted by Crippen LogP contribution is 2.20. The molecule has 1 aromatic rings. The number of nitrogens with one attached hydrogen (secondary N) is 1. The molecule has 0 amide bonds. The van der Waals surface area contributed by atoms with E-state index >= 15 is 0 Å². The van der Waals surface area contributed by atoms with Crippen molar-refractivity contribution >= 4 is 40.9 Å². The number of nitrogens with two attached hydrogens (primary N) is 1. The summed E-state index contributed by atoms with van der Waals surface area (Å²) in [5, 5.41) is 0. The van der Waals surface area contributed by atoms with Crippen LogP contribution in [0.3, 0.4) is 0 Å². The summed E-state index contributed by atoms with van der Waals surface area (Å²) < 4.78 is 1.14. The summed E-state index contributed by atoms with van der Waals surface area (Å²) in [6, 6.07) is 5.81. The van der Waals surface area contributed by atoms with Gasteiger partial charge >= 0.3 is 0 Å². The standard InChI is InChI=1S/C6H7IN2S/c7-4-1-2-6(10)5(3-4)9-8/h1-3,9-10H,8H2. The van der Waals surface area contributed by atoms with Gasteiger partial charge in [-0.05, 0) is 40.8 Å². The van der Waals surface area contributed by atoms with Crippen molar-refractivity contribution in [2.24, 2.45) is 5.84 Å². The van der Waals surface area contributed by atoms with Crippen LogP contribution in [0.25, 0.3) is 0 Å². The Bertz CT molecular complexity index is 239. The predicted octanol–water partition coefficient (Wildman–Crippen LogP) is 1.87. The van der Waals surface area contributed by atoms with Gasteiger partial charge in [0.25, 0.3) is 0 Å². The highest BCUT2D eigenvalue weighted by molar-refractivity contribution is 14.1. The zero-order valence-corrected chi connectivity index (χ0v) is 8.19. The smallest absolute Gasteiger partial charge is 0.0628 e. The van der Waals surface area contributed by atoms with Crippen LogP contribution in [0.15, 0.2) is 23.1 Å². The van der Waals surface area contributed by atoms with Gasteiger partial charge in [-0.3, -0.25) is 5.84 Å². The highest BCUT2D eigenvalue weighted by Gasteiger charge is 1.95. The predicted molar refractivity (Wildman–Crippen MR) is 54.2 cm³/mol. The van der Waals surface area contributed by atoms with E-state index in [1.54, 1.807) is 0 Å². The van der Waals surface area contributed by atoms with Crippen molar-refractivity contribution < 1.29 is 0 Å². The number of anilines is 1. The van der Waals surface area contributed by atoms with E-state index in [2.05, 4.69) is 40.6 Å². The van der Waals surface area contributed by atoms with Crippen LogP contribution in [0.4, 0.5) is 5.69 Å². The van der Waals surface area contributed by atoms with E-state index < -0.39 is 0 Å². The van der Waals surface area contributed by atoms with Crippen molar-refractivity contribution in [3.8, 4) is 0 Å². The quantitative estimate of drug-likeness (QED) is 0.314. The lowest BCUT2D eigenvalue weighted by Crippen LogP contribution is -2.07. The average Bonchev–Trinajstić information content (AvgIpc) is 1.94. The number of halogens is 1. The molecule has 0 fully saturated rings. The summed E-state index contributed by atoms with van der Waals surface area (Å²) in [6.07, 6.45) is 0. The Morgan fingerprint density at radius 2 is 2.20 bits per heavy atom. The molecule has 10 heavy (non-hydrogen) atoms. The molecular weight excluding hydrogens is 259 g/mol. The maximum Gasteiger partial charge on any atom is 0.0628 e. The largest absolute Gasteiger partial charge is 0.323 e. The van der Waals surface area contributed by atoms with Gasteiger partial charge in [-0.1, -0.05) is 0 Å². The van der Waals surface area contributed by atoms with E-state index in [4.69, 9.17) is 5.84 Å². The molecule has 0 heterocycles. The average molecular weight is 266 g/mol. The van der Waals surface area contributed by atoms with Crippen molar-refractivity contribution in [3.63, 3.8) is 0 Å². The third kappa shape index (κ3) is 1.77. The van der Waals surface area contributed by atoms with Gasteiger partial charge in [0, 0.05) is 8.47 Å². The third-order valence-electron chi connectivity index (χ3n) is 1.11. The van der Waals surface area contributed by atoms with Gasteiger partial charge in [-0.15, -0.1) is 12.6 Å². The minimum atomic E-state index is 0.857. The fourth-order valence-electron chi connectivity index (χ4n) is 0.624. The van der Waals surface area contributed by atoms with Gasteiger partial charge in [0.15, 0.2) is 0 Å². The first-order valence-electron chi connectivity index (χ1n) is 2.69. The van der Waals surface area contributed by atoms with E-state index in [9.17, 15) is 0 Å². The molecule has 3 N–H and O–H groups in total. The SMILES string of the molecule is NNc1cc(I)ccc1S. The Morgan fingerprint density at radius 1 is 1.50 bits per heavy atom. The van der Waals surface area contributed by atoms with Crippen molar-refractivity contribution in [2.75, 3.05) is 5.43 Å². The lowest BCUT2D eigenvalue weighted by molar-refractivity contribution is 1.29. The molecule has 0 aliphatic rings. The molecule has 0 saturated carbocycles. The van der Waals surface area contributed by atoms with Crippen molar-refractivity contribution in [1.29, 1.82) is 0 Å². The Labute approximate surface area is 78.7 Å². The minimum Gasteiger partial charge on any atom is -0.323 e. The van der Waals surface area contributed by atoms with Crippen LogP contribution >= 0.6 is 35.2 Å². The first-order valence-corrected chi connectivity index (χ1v) is 4.22. The number of nitrogen functional groups attached to an aromatic ring is 1. The van der Waals surface area contributed by atoms with Gasteiger partial charge < -0.3 is 5.43 Å². The molecule has 0 spiro atoms. The van der Waals surface area contributed by atoms with Gasteiger partial charge in [-0.2, -0.15) is 0 Å². The summed E-state index contributed by atoms with van der Waals surface area (Å²) in [5.41, 5.74) is 3.41. The maximum atomic E-state index is 5.22. The van der Waals surface area contributed by atoms with E-state index in [1.165, 1.54) is 0 Å². The van der Waals surface area contributed by atoms with Gasteiger partial charge in [0.1, 0.15) is 0 Å². The number of hydrogen-bond donors (Lipinski definition) is 3. The summed E-state index contributed by atoms with van der Waals surface area (Å²) in [7, 11) is 0. The molecule has 0 bridgehead atoms. The van der Waals surface area contributed by atoms with Gasteiger partial charge in [-0.25, -0.2) is 0 Å². The summed E-state index contributed by atoms with van der Waals surface area (Å²) in [5.74, 6) is 5.22. The molecule has 54 valence electrons. The van der Waals surface area contributed by atoms with Crippen LogP contribution in [0, 0.1) is 3.57 Å². The molecule has 2 nitrogen and oxygen atoms in total. The van der Waals surface area contributed by atoms with Crippen LogP contribution in [-0.2, 0) is 0 Å². The molecule has 0 unspecified atom stereocenters. The first-order chi connectivity index (χ1) is 4.74. The fraction of sp³-hybridized carbons (Fsp3) is 0. The highest BCUT2D eigenvalue weighted by atomic mass is 127. The Hall–Kier alpha value is 0.0600. The number of hydrazine groups is 1. The zero-order chi connectivity index (χ0) is 7.56. The van der Waals surface area contributed by atoms with Crippen LogP contribution in [0.5, 0.6) is 0 Å². The zero-order valence-electron chi connectivity index (χ0n) is 5.13. The topological polar surface area (TPSA) is 38.0 Å². The van der Waals surface area contributed by atoms with Crippen LogP contribution in [0.2, 0.25) is 0 Å². The fourth-order valence-corrected chi connectivity index (χ4v) is 1.32. The molecule has 1 aromatic carbocycles. The summed E-state index contributed by atoms with van der Waals surface area (Å²) in [6.45, 7) is 0. The maximum absolute atomic E-state index is 5.22. The summed E-state index contributed by atoms with van der Waals surface area (Å²) in [4.78, 5) is 0.864. The monoisotopic (exact) mass is 266 g/mol. The molecule has 1 rings (SSSR count). The second-order valence-electron chi connectivity index (χ2n) is 1.81. The van der Waals surface area contributed by atoms with Gasteiger partial charge in [0.2, 0.25) is 0 Å². The van der Waals surface area contributed by atoms with E-state index in [0.29, 0.717) is 0 Å². The van der Waals surface area contributed by atoms with Crippen molar-refractivity contribution in [1.82, 2.24) is 0 Å². The molecule has 0 aromatic heterocycles. The van der Waals surface area contributed by atoms with Crippen LogP contribution < -0.4 is 11.3 Å². The number of benzene rings is 1. The normalized spacial score (nSPS) is 9.50. The van der Waals surface area contributed by atoms with E-state index in [1.807, 2.05) is 18.2 Å². The van der Waals surface area contributed by atoms with Gasteiger partial charge in [0.05, 0.1) is 5.69 Å². The second kappa shape index (κ2) is 3.45. The number of thiol groups is 1. The van der Waals surface area contributed by atoms with E-state index in [0.717, 1.165) is 14.2 Å². The lowest BCUT2D eigenvalue weighted by atomic mass is 10.3. The molecule has 0 aliphatic heterocycles. The van der Waals surface area contributed by atoms with E-state index in [-0.39, 0.29) is 0 Å². The number of rotatable bonds is 1. The molecule has 4 heteroatoms. The molecular formula is C6H7IN2S. The minimum absolute atomic E-state index is 0.857. The lowest BCUT2D eigenvalue weighted by Gasteiger charge is -2.02. The van der Waals surface area contributed by atoms with Crippen molar-refractivity contribution in [3.05, 3.63) is 21.8 Å². The molecule has 0 radical (unpaired) electrons. The first kappa shape index (κ1) is 8.16. The molecule has 0 atom stereocenters. The Morgan fingerprint density at radius 3 is 2.70 bits per heavy atom. The van der Waals surface area contributed by atoms with Crippen molar-refractivity contribution in [2.45, 2.75) is 4.90 Å². The van der Waals surface area contributed by atoms with Crippen LogP contribution in [0.1, 0.15) is 0 Å². The third-order valence-corrected chi connectivity index (χ3v) is 2.18. The molecule has 0 saturated heterocycles. The second-order valence-corrected chi connectivity index (χ2v) is 3.53. The number of hydrogen-bond acceptors (Lipinski definition) is 3. The van der Waals surface area contributed by atoms with Crippen LogP contribution in [-0.4, -0.2) is 0 Å². The Kier molecular flexibility index (Phi) is 2.82. The Balaban J connectivity index is 3.09. The molecule has 0 aliphatic carbocycles.